The summed E-state index contributed by atoms with van der Waals surface area (Å²) < 4.78 is 71.0. The van der Waals surface area contributed by atoms with E-state index in [2.05, 4.69) is 6.58 Å². The molecule has 0 aromatic heterocycles. The van der Waals surface area contributed by atoms with Crippen molar-refractivity contribution in [3.8, 4) is 0 Å². The average Bonchev–Trinajstić information content (AvgIpc) is 2.93. The van der Waals surface area contributed by atoms with Gasteiger partial charge in [0.15, 0.2) is 0 Å². The zero-order chi connectivity index (χ0) is 27.6. The van der Waals surface area contributed by atoms with Gasteiger partial charge in [0.2, 0.25) is 0 Å². The Morgan fingerprint density at radius 2 is 0.921 bits per heavy atom. The first kappa shape index (κ1) is 34.1. The molecule has 0 unspecified atom stereocenters. The molecule has 1 aromatic rings. The predicted molar refractivity (Wildman–Crippen MR) is 136 cm³/mol. The van der Waals surface area contributed by atoms with Crippen LogP contribution in [0.5, 0.6) is 0 Å². The molecular weight excluding hydrogens is 524 g/mol. The smallest absolute Gasteiger partial charge is 0.330 e. The van der Waals surface area contributed by atoms with Crippen molar-refractivity contribution in [2.45, 2.75) is 4.90 Å². The van der Waals surface area contributed by atoms with Crippen molar-refractivity contribution in [2.24, 2.45) is 0 Å². The third-order valence-electron chi connectivity index (χ3n) is 4.37. The van der Waals surface area contributed by atoms with E-state index in [9.17, 15) is 13.2 Å². The van der Waals surface area contributed by atoms with Crippen molar-refractivity contribution >= 4 is 16.1 Å². The first-order valence-corrected chi connectivity index (χ1v) is 13.7. The molecule has 38 heavy (non-hydrogen) atoms. The van der Waals surface area contributed by atoms with Gasteiger partial charge < -0.3 is 37.9 Å². The SMILES string of the molecule is C=CC(=O)OCCOCCOCCOCCOCCOCCOCCOCCOS(=O)(=O)c1ccccc1. The maximum absolute atomic E-state index is 11.9. The van der Waals surface area contributed by atoms with Crippen molar-refractivity contribution in [2.75, 3.05) is 106 Å². The summed E-state index contributed by atoms with van der Waals surface area (Å²) in [4.78, 5) is 10.9. The molecule has 218 valence electrons. The first-order valence-electron chi connectivity index (χ1n) is 12.3. The fourth-order valence-corrected chi connectivity index (χ4v) is 3.45. The van der Waals surface area contributed by atoms with Gasteiger partial charge in [0.05, 0.1) is 104 Å². The van der Waals surface area contributed by atoms with Crippen LogP contribution in [0, 0.1) is 0 Å². The molecule has 0 atom stereocenters. The Hall–Kier alpha value is -1.94. The average molecular weight is 565 g/mol. The van der Waals surface area contributed by atoms with E-state index < -0.39 is 16.1 Å². The number of benzene rings is 1. The summed E-state index contributed by atoms with van der Waals surface area (Å²) in [6.07, 6.45) is 1.10. The molecule has 0 amide bonds. The number of esters is 1. The third kappa shape index (κ3) is 20.1. The van der Waals surface area contributed by atoms with E-state index in [1.54, 1.807) is 18.2 Å². The van der Waals surface area contributed by atoms with E-state index in [4.69, 9.17) is 42.1 Å². The molecule has 0 aliphatic heterocycles. The Morgan fingerprint density at radius 1 is 0.579 bits per heavy atom. The van der Waals surface area contributed by atoms with Gasteiger partial charge >= 0.3 is 5.97 Å². The predicted octanol–water partition coefficient (Wildman–Crippen LogP) is 1.24. The number of hydrogen-bond donors (Lipinski definition) is 0. The fourth-order valence-electron chi connectivity index (χ4n) is 2.54. The van der Waals surface area contributed by atoms with Gasteiger partial charge in [-0.05, 0) is 12.1 Å². The van der Waals surface area contributed by atoms with Crippen molar-refractivity contribution in [1.82, 2.24) is 0 Å². The molecule has 0 aliphatic carbocycles. The molecule has 13 heteroatoms. The minimum Gasteiger partial charge on any atom is -0.460 e. The van der Waals surface area contributed by atoms with Crippen LogP contribution in [-0.4, -0.2) is 120 Å². The highest BCUT2D eigenvalue weighted by Crippen LogP contribution is 2.10. The van der Waals surface area contributed by atoms with Crippen LogP contribution in [0.3, 0.4) is 0 Å². The van der Waals surface area contributed by atoms with Crippen molar-refractivity contribution in [3.05, 3.63) is 43.0 Å². The lowest BCUT2D eigenvalue weighted by atomic mass is 10.4. The molecular formula is C25H40O12S. The second-order valence-electron chi connectivity index (χ2n) is 7.25. The minimum absolute atomic E-state index is 0.0617. The summed E-state index contributed by atoms with van der Waals surface area (Å²) in [7, 11) is -3.76. The van der Waals surface area contributed by atoms with Crippen molar-refractivity contribution in [3.63, 3.8) is 0 Å². The topological polar surface area (TPSA) is 134 Å². The molecule has 0 saturated carbocycles. The Bertz CT molecular complexity index is 804. The van der Waals surface area contributed by atoms with Gasteiger partial charge in [-0.2, -0.15) is 8.42 Å². The van der Waals surface area contributed by atoms with E-state index in [1.807, 2.05) is 0 Å². The van der Waals surface area contributed by atoms with Crippen LogP contribution in [0.2, 0.25) is 0 Å². The van der Waals surface area contributed by atoms with E-state index in [1.165, 1.54) is 12.1 Å². The molecule has 0 radical (unpaired) electrons. The number of ether oxygens (including phenoxy) is 8. The fraction of sp³-hybridized carbons (Fsp3) is 0.640. The van der Waals surface area contributed by atoms with Crippen LogP contribution in [0.15, 0.2) is 47.9 Å². The number of hydrogen-bond acceptors (Lipinski definition) is 12. The zero-order valence-electron chi connectivity index (χ0n) is 21.8. The van der Waals surface area contributed by atoms with Gasteiger partial charge in [-0.15, -0.1) is 0 Å². The highest BCUT2D eigenvalue weighted by Gasteiger charge is 2.13. The number of carbonyl (C=O) groups is 1. The largest absolute Gasteiger partial charge is 0.460 e. The minimum atomic E-state index is -3.76. The summed E-state index contributed by atoms with van der Waals surface area (Å²) >= 11 is 0. The summed E-state index contributed by atoms with van der Waals surface area (Å²) in [6, 6.07) is 7.95. The Balaban J connectivity index is 1.72. The van der Waals surface area contributed by atoms with Gasteiger partial charge in [-0.25, -0.2) is 4.79 Å². The normalized spacial score (nSPS) is 11.5. The second-order valence-corrected chi connectivity index (χ2v) is 8.86. The lowest BCUT2D eigenvalue weighted by Gasteiger charge is -2.09. The highest BCUT2D eigenvalue weighted by molar-refractivity contribution is 7.86. The molecule has 0 heterocycles. The van der Waals surface area contributed by atoms with Crippen LogP contribution in [0.4, 0.5) is 0 Å². The monoisotopic (exact) mass is 564 g/mol. The highest BCUT2D eigenvalue weighted by atomic mass is 32.2. The molecule has 0 aliphatic rings. The Kier molecular flexibility index (Phi) is 21.6. The van der Waals surface area contributed by atoms with E-state index in [-0.39, 0.29) is 24.7 Å². The first-order chi connectivity index (χ1) is 18.6. The standard InChI is InChI=1S/C25H40O12S/c1-2-25(26)36-22-20-34-18-16-32-14-12-30-10-8-29-9-11-31-13-15-33-17-19-35-21-23-37-38(27,28)24-6-4-3-5-7-24/h2-7H,1,8-23H2. The van der Waals surface area contributed by atoms with Crippen LogP contribution in [0.25, 0.3) is 0 Å². The molecule has 1 aromatic carbocycles. The molecule has 1 rings (SSSR count). The van der Waals surface area contributed by atoms with E-state index in [0.29, 0.717) is 85.9 Å². The van der Waals surface area contributed by atoms with Crippen LogP contribution in [-0.2, 0) is 57.0 Å². The summed E-state index contributed by atoms with van der Waals surface area (Å²) in [5.41, 5.74) is 0. The molecule has 0 saturated heterocycles. The summed E-state index contributed by atoms with van der Waals surface area (Å²) in [6.45, 7) is 8.99. The maximum Gasteiger partial charge on any atom is 0.330 e. The Morgan fingerprint density at radius 3 is 1.29 bits per heavy atom. The quantitative estimate of drug-likeness (QED) is 0.0658. The molecule has 0 spiro atoms. The van der Waals surface area contributed by atoms with Gasteiger partial charge in [-0.1, -0.05) is 24.8 Å². The lowest BCUT2D eigenvalue weighted by molar-refractivity contribution is -0.139. The van der Waals surface area contributed by atoms with Crippen molar-refractivity contribution < 1.29 is 55.3 Å². The number of carbonyl (C=O) groups excluding carboxylic acids is 1. The van der Waals surface area contributed by atoms with Gasteiger partial charge in [0, 0.05) is 6.08 Å². The maximum atomic E-state index is 11.9. The Labute approximate surface area is 225 Å². The molecule has 0 bridgehead atoms. The summed E-state index contributed by atoms with van der Waals surface area (Å²) in [5.74, 6) is -0.468. The van der Waals surface area contributed by atoms with Gasteiger partial charge in [0.25, 0.3) is 10.1 Å². The van der Waals surface area contributed by atoms with Crippen LogP contribution in [0.1, 0.15) is 0 Å². The van der Waals surface area contributed by atoms with Gasteiger partial charge in [0.1, 0.15) is 6.61 Å². The van der Waals surface area contributed by atoms with Crippen molar-refractivity contribution in [1.29, 1.82) is 0 Å². The molecule has 0 N–H and O–H groups in total. The van der Waals surface area contributed by atoms with E-state index >= 15 is 0 Å². The number of rotatable bonds is 27. The third-order valence-corrected chi connectivity index (χ3v) is 5.70. The second kappa shape index (κ2) is 24.1. The van der Waals surface area contributed by atoms with Crippen LogP contribution < -0.4 is 0 Å². The van der Waals surface area contributed by atoms with Crippen LogP contribution >= 0.6 is 0 Å². The zero-order valence-corrected chi connectivity index (χ0v) is 22.6. The van der Waals surface area contributed by atoms with E-state index in [0.717, 1.165) is 6.08 Å². The summed E-state index contributed by atoms with van der Waals surface area (Å²) in [5, 5.41) is 0. The van der Waals surface area contributed by atoms with Gasteiger partial charge in [-0.3, -0.25) is 4.18 Å². The molecule has 12 nitrogen and oxygen atoms in total. The lowest BCUT2D eigenvalue weighted by Crippen LogP contribution is -2.15. The molecule has 0 fully saturated rings.